The van der Waals surface area contributed by atoms with Gasteiger partial charge in [-0.15, -0.1) is 0 Å². The maximum atomic E-state index is 10.1. The van der Waals surface area contributed by atoms with E-state index in [4.69, 9.17) is 9.47 Å². The quantitative estimate of drug-likeness (QED) is 0.358. The van der Waals surface area contributed by atoms with E-state index in [9.17, 15) is 4.79 Å². The van der Waals surface area contributed by atoms with Crippen LogP contribution >= 0.6 is 0 Å². The molecule has 0 aliphatic heterocycles. The number of allylic oxidation sites excluding steroid dienone is 3. The summed E-state index contributed by atoms with van der Waals surface area (Å²) in [7, 11) is 0. The van der Waals surface area contributed by atoms with Crippen LogP contribution in [0.25, 0.3) is 0 Å². The second kappa shape index (κ2) is 7.18. The maximum absolute atomic E-state index is 10.1. The fourth-order valence-corrected chi connectivity index (χ4v) is 0.729. The molecule has 80 valence electrons. The molecule has 0 fully saturated rings. The SMILES string of the molecule is CCC=CC=COCC(C)(C)OC=O. The van der Waals surface area contributed by atoms with Crippen molar-refractivity contribution in [3.8, 4) is 0 Å². The number of rotatable bonds is 7. The van der Waals surface area contributed by atoms with Crippen molar-refractivity contribution in [2.24, 2.45) is 0 Å². The van der Waals surface area contributed by atoms with Gasteiger partial charge in [0, 0.05) is 0 Å². The first-order valence-corrected chi connectivity index (χ1v) is 4.67. The molecule has 0 aromatic rings. The molecule has 3 nitrogen and oxygen atoms in total. The molecular formula is C11H18O3. The standard InChI is InChI=1S/C11H18O3/c1-4-5-6-7-8-13-9-11(2,3)14-10-12/h5-8,10H,4,9H2,1-3H3. The molecule has 0 radical (unpaired) electrons. The molecule has 0 aromatic heterocycles. The molecule has 0 rings (SSSR count). The smallest absolute Gasteiger partial charge is 0.293 e. The summed E-state index contributed by atoms with van der Waals surface area (Å²) in [5.74, 6) is 0. The van der Waals surface area contributed by atoms with Gasteiger partial charge in [-0.25, -0.2) is 0 Å². The summed E-state index contributed by atoms with van der Waals surface area (Å²) in [5, 5.41) is 0. The van der Waals surface area contributed by atoms with Crippen LogP contribution in [-0.4, -0.2) is 18.7 Å². The van der Waals surface area contributed by atoms with Gasteiger partial charge in [0.1, 0.15) is 12.2 Å². The van der Waals surface area contributed by atoms with Crippen molar-refractivity contribution in [2.75, 3.05) is 6.61 Å². The Kier molecular flexibility index (Phi) is 6.54. The van der Waals surface area contributed by atoms with Crippen LogP contribution < -0.4 is 0 Å². The van der Waals surface area contributed by atoms with E-state index in [0.717, 1.165) is 6.42 Å². The van der Waals surface area contributed by atoms with Crippen molar-refractivity contribution in [1.82, 2.24) is 0 Å². The molecule has 0 bridgehead atoms. The number of carbonyl (C=O) groups is 1. The third-order valence-corrected chi connectivity index (χ3v) is 1.46. The number of ether oxygens (including phenoxy) is 2. The lowest BCUT2D eigenvalue weighted by molar-refractivity contribution is -0.143. The molecule has 0 saturated carbocycles. The van der Waals surface area contributed by atoms with E-state index in [1.165, 1.54) is 0 Å². The number of hydrogen-bond donors (Lipinski definition) is 0. The van der Waals surface area contributed by atoms with E-state index in [2.05, 4.69) is 6.92 Å². The van der Waals surface area contributed by atoms with Gasteiger partial charge < -0.3 is 9.47 Å². The van der Waals surface area contributed by atoms with E-state index in [1.54, 1.807) is 26.2 Å². The summed E-state index contributed by atoms with van der Waals surface area (Å²) >= 11 is 0. The first kappa shape index (κ1) is 12.8. The molecule has 0 N–H and O–H groups in total. The fourth-order valence-electron chi connectivity index (χ4n) is 0.729. The molecule has 0 spiro atoms. The Morgan fingerprint density at radius 3 is 2.57 bits per heavy atom. The van der Waals surface area contributed by atoms with Crippen molar-refractivity contribution in [2.45, 2.75) is 32.8 Å². The zero-order valence-electron chi connectivity index (χ0n) is 9.03. The van der Waals surface area contributed by atoms with Crippen LogP contribution in [0.1, 0.15) is 27.2 Å². The molecule has 0 heterocycles. The minimum Gasteiger partial charge on any atom is -0.497 e. The Hall–Kier alpha value is -1.25. The number of carbonyl (C=O) groups excluding carboxylic acids is 1. The van der Waals surface area contributed by atoms with E-state index < -0.39 is 5.60 Å². The summed E-state index contributed by atoms with van der Waals surface area (Å²) in [6.45, 7) is 6.42. The average molecular weight is 198 g/mol. The predicted molar refractivity (Wildman–Crippen MR) is 55.8 cm³/mol. The van der Waals surface area contributed by atoms with Crippen molar-refractivity contribution in [3.63, 3.8) is 0 Å². The second-order valence-electron chi connectivity index (χ2n) is 3.45. The van der Waals surface area contributed by atoms with E-state index in [-0.39, 0.29) is 0 Å². The summed E-state index contributed by atoms with van der Waals surface area (Å²) < 4.78 is 9.98. The summed E-state index contributed by atoms with van der Waals surface area (Å²) in [6.07, 6.45) is 8.33. The highest BCUT2D eigenvalue weighted by atomic mass is 16.6. The van der Waals surface area contributed by atoms with Crippen LogP contribution in [0.3, 0.4) is 0 Å². The largest absolute Gasteiger partial charge is 0.497 e. The van der Waals surface area contributed by atoms with Crippen molar-refractivity contribution >= 4 is 6.47 Å². The van der Waals surface area contributed by atoms with Gasteiger partial charge in [-0.1, -0.05) is 19.1 Å². The monoisotopic (exact) mass is 198 g/mol. The maximum Gasteiger partial charge on any atom is 0.293 e. The Morgan fingerprint density at radius 2 is 2.00 bits per heavy atom. The van der Waals surface area contributed by atoms with Crippen LogP contribution in [0, 0.1) is 0 Å². The van der Waals surface area contributed by atoms with E-state index >= 15 is 0 Å². The Bertz CT molecular complexity index is 205. The van der Waals surface area contributed by atoms with Gasteiger partial charge in [-0.05, 0) is 26.3 Å². The molecule has 0 aliphatic carbocycles. The third-order valence-electron chi connectivity index (χ3n) is 1.46. The summed E-state index contributed by atoms with van der Waals surface area (Å²) in [4.78, 5) is 10.1. The minimum absolute atomic E-state index is 0.349. The first-order valence-electron chi connectivity index (χ1n) is 4.67. The van der Waals surface area contributed by atoms with Gasteiger partial charge in [0.2, 0.25) is 0 Å². The predicted octanol–water partition coefficient (Wildman–Crippen LogP) is 2.43. The van der Waals surface area contributed by atoms with Crippen LogP contribution in [0.2, 0.25) is 0 Å². The molecule has 0 atom stereocenters. The zero-order valence-corrected chi connectivity index (χ0v) is 9.03. The van der Waals surface area contributed by atoms with Gasteiger partial charge in [0.15, 0.2) is 0 Å². The molecule has 0 unspecified atom stereocenters. The van der Waals surface area contributed by atoms with E-state index in [1.807, 2.05) is 12.2 Å². The topological polar surface area (TPSA) is 35.5 Å². The van der Waals surface area contributed by atoms with Gasteiger partial charge >= 0.3 is 0 Å². The molecule has 0 aliphatic rings. The Morgan fingerprint density at radius 1 is 1.29 bits per heavy atom. The molecule has 14 heavy (non-hydrogen) atoms. The minimum atomic E-state index is -0.569. The Labute approximate surface area is 85.4 Å². The molecular weight excluding hydrogens is 180 g/mol. The summed E-state index contributed by atoms with van der Waals surface area (Å²) in [5.41, 5.74) is -0.569. The van der Waals surface area contributed by atoms with Gasteiger partial charge in [0.25, 0.3) is 6.47 Å². The highest BCUT2D eigenvalue weighted by molar-refractivity contribution is 5.38. The van der Waals surface area contributed by atoms with Gasteiger partial charge in [0.05, 0.1) is 6.26 Å². The first-order chi connectivity index (χ1) is 6.62. The van der Waals surface area contributed by atoms with Gasteiger partial charge in [-0.3, -0.25) is 4.79 Å². The lowest BCUT2D eigenvalue weighted by Gasteiger charge is -2.21. The van der Waals surface area contributed by atoms with Crippen LogP contribution in [0.4, 0.5) is 0 Å². The normalized spacial score (nSPS) is 12.2. The molecule has 0 saturated heterocycles. The molecule has 0 aromatic carbocycles. The van der Waals surface area contributed by atoms with Crippen LogP contribution in [0.15, 0.2) is 24.5 Å². The van der Waals surface area contributed by atoms with Crippen molar-refractivity contribution in [3.05, 3.63) is 24.5 Å². The lowest BCUT2D eigenvalue weighted by Crippen LogP contribution is -2.29. The summed E-state index contributed by atoms with van der Waals surface area (Å²) in [6, 6.07) is 0. The lowest BCUT2D eigenvalue weighted by atomic mass is 10.1. The highest BCUT2D eigenvalue weighted by Gasteiger charge is 2.18. The molecule has 0 amide bonds. The number of hydrogen-bond acceptors (Lipinski definition) is 3. The molecule has 3 heteroatoms. The average Bonchev–Trinajstić information content (AvgIpc) is 2.11. The second-order valence-corrected chi connectivity index (χ2v) is 3.45. The fraction of sp³-hybridized carbons (Fsp3) is 0.545. The van der Waals surface area contributed by atoms with Crippen LogP contribution in [-0.2, 0) is 14.3 Å². The van der Waals surface area contributed by atoms with Crippen LogP contribution in [0.5, 0.6) is 0 Å². The van der Waals surface area contributed by atoms with Crippen molar-refractivity contribution in [1.29, 1.82) is 0 Å². The van der Waals surface area contributed by atoms with Crippen molar-refractivity contribution < 1.29 is 14.3 Å². The zero-order chi connectivity index (χ0) is 10.9. The third kappa shape index (κ3) is 7.40. The van der Waals surface area contributed by atoms with E-state index in [0.29, 0.717) is 13.1 Å². The highest BCUT2D eigenvalue weighted by Crippen LogP contribution is 2.07. The van der Waals surface area contributed by atoms with Gasteiger partial charge in [-0.2, -0.15) is 0 Å². The Balaban J connectivity index is 3.66.